The van der Waals surface area contributed by atoms with Gasteiger partial charge >= 0.3 is 12.0 Å². The standard InChI is InChI=1S/C14H18N2O3/c1-3-10(2)15-14(19)16-12(9-13(17)18)11-7-5-4-6-8-11/h3-8,10,12H,1,9H2,2H3,(H,17,18)(H2,15,16,19). The number of carbonyl (C=O) groups is 2. The van der Waals surface area contributed by atoms with Crippen LogP contribution in [-0.2, 0) is 4.79 Å². The molecule has 0 bridgehead atoms. The molecule has 19 heavy (non-hydrogen) atoms. The maximum absolute atomic E-state index is 11.7. The van der Waals surface area contributed by atoms with Gasteiger partial charge in [-0.25, -0.2) is 4.79 Å². The number of nitrogens with one attached hydrogen (secondary N) is 2. The fourth-order valence-electron chi connectivity index (χ4n) is 1.58. The molecule has 3 N–H and O–H groups in total. The first-order chi connectivity index (χ1) is 9.02. The summed E-state index contributed by atoms with van der Waals surface area (Å²) in [4.78, 5) is 22.6. The van der Waals surface area contributed by atoms with E-state index in [1.54, 1.807) is 37.3 Å². The molecule has 0 aliphatic carbocycles. The molecule has 2 amide bonds. The number of benzene rings is 1. The molecule has 0 aliphatic heterocycles. The molecule has 0 spiro atoms. The van der Waals surface area contributed by atoms with Crippen LogP contribution in [0, 0.1) is 0 Å². The Balaban J connectivity index is 2.73. The van der Waals surface area contributed by atoms with Crippen molar-refractivity contribution in [3.63, 3.8) is 0 Å². The van der Waals surface area contributed by atoms with E-state index in [4.69, 9.17) is 5.11 Å². The molecule has 0 aliphatic rings. The van der Waals surface area contributed by atoms with Gasteiger partial charge in [0.1, 0.15) is 0 Å². The Morgan fingerprint density at radius 2 is 1.95 bits per heavy atom. The minimum Gasteiger partial charge on any atom is -0.481 e. The van der Waals surface area contributed by atoms with Gasteiger partial charge in [-0.15, -0.1) is 6.58 Å². The summed E-state index contributed by atoms with van der Waals surface area (Å²) in [6.07, 6.45) is 1.42. The first kappa shape index (κ1) is 14.8. The molecule has 0 heterocycles. The number of hydrogen-bond acceptors (Lipinski definition) is 2. The summed E-state index contributed by atoms with van der Waals surface area (Å²) >= 11 is 0. The molecule has 0 radical (unpaired) electrons. The van der Waals surface area contributed by atoms with Gasteiger partial charge in [-0.2, -0.15) is 0 Å². The lowest BCUT2D eigenvalue weighted by Gasteiger charge is -2.19. The highest BCUT2D eigenvalue weighted by molar-refractivity contribution is 5.76. The van der Waals surface area contributed by atoms with E-state index in [0.717, 1.165) is 5.56 Å². The van der Waals surface area contributed by atoms with E-state index in [2.05, 4.69) is 17.2 Å². The van der Waals surface area contributed by atoms with Crippen LogP contribution in [0.4, 0.5) is 4.79 Å². The molecule has 5 nitrogen and oxygen atoms in total. The van der Waals surface area contributed by atoms with E-state index in [9.17, 15) is 9.59 Å². The van der Waals surface area contributed by atoms with Gasteiger partial charge in [0.15, 0.2) is 0 Å². The van der Waals surface area contributed by atoms with Gasteiger partial charge in [0, 0.05) is 6.04 Å². The van der Waals surface area contributed by atoms with Crippen molar-refractivity contribution in [3.8, 4) is 0 Å². The van der Waals surface area contributed by atoms with Gasteiger partial charge in [0.25, 0.3) is 0 Å². The summed E-state index contributed by atoms with van der Waals surface area (Å²) in [6.45, 7) is 5.34. The van der Waals surface area contributed by atoms with Gasteiger partial charge in [-0.3, -0.25) is 4.79 Å². The molecule has 0 fully saturated rings. The van der Waals surface area contributed by atoms with Gasteiger partial charge in [-0.05, 0) is 12.5 Å². The molecule has 0 saturated heterocycles. The Bertz CT molecular complexity index is 445. The molecular weight excluding hydrogens is 244 g/mol. The van der Waals surface area contributed by atoms with Gasteiger partial charge in [0.2, 0.25) is 0 Å². The first-order valence-corrected chi connectivity index (χ1v) is 5.99. The third kappa shape index (κ3) is 5.25. The highest BCUT2D eigenvalue weighted by Crippen LogP contribution is 2.16. The van der Waals surface area contributed by atoms with Crippen LogP contribution in [0.1, 0.15) is 24.9 Å². The van der Waals surface area contributed by atoms with Crippen molar-refractivity contribution in [1.29, 1.82) is 0 Å². The van der Waals surface area contributed by atoms with Gasteiger partial charge in [-0.1, -0.05) is 36.4 Å². The molecule has 2 unspecified atom stereocenters. The van der Waals surface area contributed by atoms with Crippen molar-refractivity contribution in [2.75, 3.05) is 0 Å². The van der Waals surface area contributed by atoms with Crippen LogP contribution in [0.3, 0.4) is 0 Å². The van der Waals surface area contributed by atoms with Gasteiger partial charge < -0.3 is 15.7 Å². The Hall–Kier alpha value is -2.30. The highest BCUT2D eigenvalue weighted by atomic mass is 16.4. The molecule has 5 heteroatoms. The normalized spacial score (nSPS) is 13.1. The second-order valence-corrected chi connectivity index (χ2v) is 4.20. The second-order valence-electron chi connectivity index (χ2n) is 4.20. The molecular formula is C14H18N2O3. The van der Waals surface area contributed by atoms with E-state index in [1.165, 1.54) is 0 Å². The Labute approximate surface area is 112 Å². The van der Waals surface area contributed by atoms with Crippen LogP contribution >= 0.6 is 0 Å². The van der Waals surface area contributed by atoms with E-state index in [1.807, 2.05) is 6.07 Å². The van der Waals surface area contributed by atoms with Gasteiger partial charge in [0.05, 0.1) is 12.5 Å². The zero-order valence-electron chi connectivity index (χ0n) is 10.8. The topological polar surface area (TPSA) is 78.4 Å². The summed E-state index contributed by atoms with van der Waals surface area (Å²) in [5.74, 6) is -0.967. The Kier molecular flexibility index (Phi) is 5.60. The van der Waals surface area contributed by atoms with Crippen molar-refractivity contribution in [2.45, 2.75) is 25.4 Å². The summed E-state index contributed by atoms with van der Waals surface area (Å²) < 4.78 is 0. The number of hydrogen-bond donors (Lipinski definition) is 3. The Morgan fingerprint density at radius 1 is 1.32 bits per heavy atom. The largest absolute Gasteiger partial charge is 0.481 e. The molecule has 1 aromatic carbocycles. The minimum atomic E-state index is -0.967. The van der Waals surface area contributed by atoms with Crippen LogP contribution in [0.5, 0.6) is 0 Å². The SMILES string of the molecule is C=CC(C)NC(=O)NC(CC(=O)O)c1ccccc1. The lowest BCUT2D eigenvalue weighted by Crippen LogP contribution is -2.42. The number of rotatable bonds is 6. The molecule has 1 aromatic rings. The van der Waals surface area contributed by atoms with E-state index in [-0.39, 0.29) is 12.5 Å². The number of aliphatic carboxylic acids is 1. The first-order valence-electron chi connectivity index (χ1n) is 5.99. The quantitative estimate of drug-likeness (QED) is 0.687. The van der Waals surface area contributed by atoms with E-state index in [0.29, 0.717) is 0 Å². The third-order valence-electron chi connectivity index (χ3n) is 2.60. The molecule has 0 saturated carbocycles. The lowest BCUT2D eigenvalue weighted by molar-refractivity contribution is -0.137. The summed E-state index contributed by atoms with van der Waals surface area (Å²) in [7, 11) is 0. The van der Waals surface area contributed by atoms with Crippen LogP contribution in [-0.4, -0.2) is 23.1 Å². The molecule has 1 rings (SSSR count). The second kappa shape index (κ2) is 7.20. The fraction of sp³-hybridized carbons (Fsp3) is 0.286. The van der Waals surface area contributed by atoms with Crippen molar-refractivity contribution >= 4 is 12.0 Å². The summed E-state index contributed by atoms with van der Waals surface area (Å²) in [5.41, 5.74) is 0.756. The zero-order valence-corrected chi connectivity index (χ0v) is 10.8. The molecule has 102 valence electrons. The summed E-state index contributed by atoms with van der Waals surface area (Å²) in [5, 5.41) is 14.2. The lowest BCUT2D eigenvalue weighted by atomic mass is 10.0. The fourth-order valence-corrected chi connectivity index (χ4v) is 1.58. The number of urea groups is 1. The van der Waals surface area contributed by atoms with Crippen LogP contribution in [0.15, 0.2) is 43.0 Å². The number of carbonyl (C=O) groups excluding carboxylic acids is 1. The van der Waals surface area contributed by atoms with Crippen molar-refractivity contribution in [3.05, 3.63) is 48.6 Å². The molecule has 0 aromatic heterocycles. The zero-order chi connectivity index (χ0) is 14.3. The van der Waals surface area contributed by atoms with Crippen LogP contribution in [0.25, 0.3) is 0 Å². The smallest absolute Gasteiger partial charge is 0.315 e. The summed E-state index contributed by atoms with van der Waals surface area (Å²) in [6, 6.07) is 7.85. The number of carboxylic acids is 1. The maximum atomic E-state index is 11.7. The van der Waals surface area contributed by atoms with Crippen molar-refractivity contribution in [2.24, 2.45) is 0 Å². The van der Waals surface area contributed by atoms with Crippen molar-refractivity contribution < 1.29 is 14.7 Å². The number of carboxylic acid groups (broad SMARTS) is 1. The van der Waals surface area contributed by atoms with Crippen molar-refractivity contribution in [1.82, 2.24) is 10.6 Å². The van der Waals surface area contributed by atoms with E-state index >= 15 is 0 Å². The number of amides is 2. The predicted octanol–water partition coefficient (Wildman–Crippen LogP) is 2.08. The Morgan fingerprint density at radius 3 is 2.47 bits per heavy atom. The highest BCUT2D eigenvalue weighted by Gasteiger charge is 2.18. The van der Waals surface area contributed by atoms with Crippen LogP contribution in [0.2, 0.25) is 0 Å². The van der Waals surface area contributed by atoms with Crippen LogP contribution < -0.4 is 10.6 Å². The predicted molar refractivity (Wildman–Crippen MR) is 72.8 cm³/mol. The average molecular weight is 262 g/mol. The monoisotopic (exact) mass is 262 g/mol. The minimum absolute atomic E-state index is 0.167. The maximum Gasteiger partial charge on any atom is 0.315 e. The third-order valence-corrected chi connectivity index (χ3v) is 2.60. The molecule has 2 atom stereocenters. The average Bonchev–Trinajstić information content (AvgIpc) is 2.38. The van der Waals surface area contributed by atoms with E-state index < -0.39 is 18.0 Å².